The zero-order valence-corrected chi connectivity index (χ0v) is 11.9. The van der Waals surface area contributed by atoms with Crippen LogP contribution < -0.4 is 0 Å². The minimum atomic E-state index is -3.83. The van der Waals surface area contributed by atoms with Crippen molar-refractivity contribution in [3.8, 4) is 0 Å². The van der Waals surface area contributed by atoms with Crippen molar-refractivity contribution in [3.63, 3.8) is 0 Å². The zero-order valence-electron chi connectivity index (χ0n) is 10.3. The lowest BCUT2D eigenvalue weighted by atomic mass is 10.1. The van der Waals surface area contributed by atoms with Crippen molar-refractivity contribution in [1.29, 1.82) is 0 Å². The highest BCUT2D eigenvalue weighted by molar-refractivity contribution is 8.03. The van der Waals surface area contributed by atoms with Crippen LogP contribution in [-0.4, -0.2) is 50.7 Å². The van der Waals surface area contributed by atoms with Crippen molar-refractivity contribution in [2.24, 2.45) is 0 Å². The van der Waals surface area contributed by atoms with Crippen LogP contribution in [0.5, 0.6) is 0 Å². The van der Waals surface area contributed by atoms with Gasteiger partial charge in [0.1, 0.15) is 0 Å². The molecule has 0 saturated heterocycles. The van der Waals surface area contributed by atoms with E-state index in [1.165, 1.54) is 0 Å². The Labute approximate surface area is 107 Å². The fraction of sp³-hybridized carbons (Fsp3) is 0.667. The molecule has 0 radical (unpaired) electrons. The summed E-state index contributed by atoms with van der Waals surface area (Å²) in [6.07, 6.45) is 2.41. The smallest absolute Gasteiger partial charge is 0.330 e. The maximum atomic E-state index is 11.2. The third-order valence-electron chi connectivity index (χ3n) is 2.11. The number of carboxylic acids is 1. The summed E-state index contributed by atoms with van der Waals surface area (Å²) < 4.78 is 45.4. The molecular formula is C9H17NO6S2. The summed E-state index contributed by atoms with van der Waals surface area (Å²) in [6.45, 7) is 3.13. The Morgan fingerprint density at radius 1 is 1.11 bits per heavy atom. The van der Waals surface area contributed by atoms with Crippen molar-refractivity contribution in [3.05, 3.63) is 12.2 Å². The Balaban J connectivity index is 4.42. The average Bonchev–Trinajstić information content (AvgIpc) is 2.12. The SMILES string of the molecule is C=C(CCCCN(S(C)(=O)=O)S(C)(=O)=O)C(=O)O. The Bertz CT molecular complexity index is 487. The number of sulfonamides is 2. The van der Waals surface area contributed by atoms with Gasteiger partial charge in [-0.2, -0.15) is 0 Å². The van der Waals surface area contributed by atoms with E-state index >= 15 is 0 Å². The monoisotopic (exact) mass is 299 g/mol. The van der Waals surface area contributed by atoms with Crippen LogP contribution in [0.3, 0.4) is 0 Å². The molecule has 0 amide bonds. The van der Waals surface area contributed by atoms with Gasteiger partial charge in [0, 0.05) is 12.1 Å². The second kappa shape index (κ2) is 6.30. The largest absolute Gasteiger partial charge is 0.478 e. The Kier molecular flexibility index (Phi) is 5.97. The van der Waals surface area contributed by atoms with E-state index in [4.69, 9.17) is 5.11 Å². The molecule has 0 aromatic heterocycles. The lowest BCUT2D eigenvalue weighted by molar-refractivity contribution is -0.132. The van der Waals surface area contributed by atoms with Crippen LogP contribution in [0.1, 0.15) is 19.3 Å². The van der Waals surface area contributed by atoms with Gasteiger partial charge in [-0.15, -0.1) is 0 Å². The number of carbonyl (C=O) groups is 1. The lowest BCUT2D eigenvalue weighted by Crippen LogP contribution is -2.36. The highest BCUT2D eigenvalue weighted by atomic mass is 32.3. The van der Waals surface area contributed by atoms with Crippen molar-refractivity contribution >= 4 is 26.0 Å². The maximum Gasteiger partial charge on any atom is 0.330 e. The third kappa shape index (κ3) is 6.12. The number of aliphatic carboxylic acids is 1. The van der Waals surface area contributed by atoms with Gasteiger partial charge >= 0.3 is 5.97 Å². The molecule has 0 bridgehead atoms. The first-order chi connectivity index (χ1) is 7.96. The molecule has 0 spiro atoms. The van der Waals surface area contributed by atoms with Crippen LogP contribution >= 0.6 is 0 Å². The Morgan fingerprint density at radius 3 is 1.89 bits per heavy atom. The number of hydrogen-bond donors (Lipinski definition) is 1. The summed E-state index contributed by atoms with van der Waals surface area (Å²) in [7, 11) is -7.67. The molecule has 0 aliphatic heterocycles. The number of nitrogens with zero attached hydrogens (tertiary/aromatic N) is 1. The summed E-state index contributed by atoms with van der Waals surface area (Å²) in [5, 5.41) is 8.55. The number of carboxylic acid groups (broad SMARTS) is 1. The first kappa shape index (κ1) is 17.1. The molecule has 0 saturated carbocycles. The van der Waals surface area contributed by atoms with E-state index in [1.807, 2.05) is 0 Å². The molecule has 0 fully saturated rings. The second-order valence-corrected chi connectivity index (χ2v) is 7.93. The highest BCUT2D eigenvalue weighted by Crippen LogP contribution is 2.10. The lowest BCUT2D eigenvalue weighted by Gasteiger charge is -2.17. The average molecular weight is 299 g/mol. The number of hydrogen-bond acceptors (Lipinski definition) is 5. The molecule has 7 nitrogen and oxygen atoms in total. The van der Waals surface area contributed by atoms with Crippen LogP contribution in [0.15, 0.2) is 12.2 Å². The topological polar surface area (TPSA) is 109 Å². The van der Waals surface area contributed by atoms with Gasteiger partial charge in [0.2, 0.25) is 20.0 Å². The van der Waals surface area contributed by atoms with Crippen molar-refractivity contribution < 1.29 is 26.7 Å². The minimum absolute atomic E-state index is 0.0141. The quantitative estimate of drug-likeness (QED) is 0.500. The van der Waals surface area contributed by atoms with E-state index in [0.29, 0.717) is 10.1 Å². The van der Waals surface area contributed by atoms with Crippen molar-refractivity contribution in [2.75, 3.05) is 19.1 Å². The normalized spacial score (nSPS) is 12.6. The van der Waals surface area contributed by atoms with Crippen LogP contribution in [0.25, 0.3) is 0 Å². The molecule has 0 rings (SSSR count). The predicted molar refractivity (Wildman–Crippen MR) is 67.0 cm³/mol. The van der Waals surface area contributed by atoms with Crippen LogP contribution in [0.4, 0.5) is 0 Å². The van der Waals surface area contributed by atoms with Gasteiger partial charge in [0.25, 0.3) is 0 Å². The van der Waals surface area contributed by atoms with Gasteiger partial charge in [0.05, 0.1) is 12.5 Å². The van der Waals surface area contributed by atoms with Crippen molar-refractivity contribution in [1.82, 2.24) is 3.71 Å². The fourth-order valence-corrected chi connectivity index (χ4v) is 4.15. The fourth-order valence-electron chi connectivity index (χ4n) is 1.26. The zero-order chi connectivity index (χ0) is 14.6. The number of rotatable bonds is 8. The Morgan fingerprint density at radius 2 is 1.56 bits per heavy atom. The summed E-state index contributed by atoms with van der Waals surface area (Å²) in [6, 6.07) is 0. The van der Waals surface area contributed by atoms with Gasteiger partial charge < -0.3 is 5.11 Å². The molecule has 106 valence electrons. The molecule has 0 aromatic carbocycles. The van der Waals surface area contributed by atoms with Crippen LogP contribution in [-0.2, 0) is 24.8 Å². The van der Waals surface area contributed by atoms with E-state index in [0.717, 1.165) is 12.5 Å². The summed E-state index contributed by atoms with van der Waals surface area (Å²) >= 11 is 0. The van der Waals surface area contributed by atoms with Crippen molar-refractivity contribution in [2.45, 2.75) is 19.3 Å². The molecule has 0 aromatic rings. The van der Waals surface area contributed by atoms with Gasteiger partial charge in [-0.1, -0.05) is 10.3 Å². The second-order valence-electron chi connectivity index (χ2n) is 3.89. The minimum Gasteiger partial charge on any atom is -0.478 e. The molecule has 18 heavy (non-hydrogen) atoms. The number of unbranched alkanes of at least 4 members (excludes halogenated alkanes) is 1. The van der Waals surface area contributed by atoms with Gasteiger partial charge in [-0.25, -0.2) is 21.6 Å². The van der Waals surface area contributed by atoms with E-state index < -0.39 is 26.0 Å². The molecule has 0 unspecified atom stereocenters. The first-order valence-corrected chi connectivity index (χ1v) is 8.75. The molecule has 0 aliphatic carbocycles. The summed E-state index contributed by atoms with van der Waals surface area (Å²) in [5.41, 5.74) is 0.0141. The highest BCUT2D eigenvalue weighted by Gasteiger charge is 2.25. The van der Waals surface area contributed by atoms with Gasteiger partial charge in [-0.05, 0) is 19.3 Å². The van der Waals surface area contributed by atoms with Gasteiger partial charge in [0.15, 0.2) is 0 Å². The first-order valence-electron chi connectivity index (χ1n) is 5.05. The molecule has 9 heteroatoms. The van der Waals surface area contributed by atoms with E-state index in [1.54, 1.807) is 0 Å². The standard InChI is InChI=1S/C9H17NO6S2/c1-8(9(11)12)6-4-5-7-10(17(2,13)14)18(3,15)16/h1,4-7H2,2-3H3,(H,11,12). The predicted octanol–water partition coefficient (Wildman–Crippen LogP) is 0.0187. The van der Waals surface area contributed by atoms with E-state index in [2.05, 4.69) is 6.58 Å². The molecule has 1 N–H and O–H groups in total. The molecular weight excluding hydrogens is 282 g/mol. The van der Waals surface area contributed by atoms with E-state index in [-0.39, 0.29) is 25.0 Å². The molecule has 0 heterocycles. The summed E-state index contributed by atoms with van der Waals surface area (Å²) in [4.78, 5) is 10.4. The van der Waals surface area contributed by atoms with Crippen LogP contribution in [0.2, 0.25) is 0 Å². The van der Waals surface area contributed by atoms with E-state index in [9.17, 15) is 21.6 Å². The molecule has 0 aliphatic rings. The van der Waals surface area contributed by atoms with Gasteiger partial charge in [-0.3, -0.25) is 0 Å². The Hall–Kier alpha value is -0.930. The summed E-state index contributed by atoms with van der Waals surface area (Å²) in [5.74, 6) is -1.11. The van der Waals surface area contributed by atoms with Crippen LogP contribution in [0, 0.1) is 0 Å². The maximum absolute atomic E-state index is 11.2. The molecule has 0 atom stereocenters. The third-order valence-corrected chi connectivity index (χ3v) is 5.58.